The third-order valence-electron chi connectivity index (χ3n) is 1.79. The van der Waals surface area contributed by atoms with Crippen LogP contribution in [0, 0.1) is 17.1 Å². The SMILES string of the molecule is N#Cc1ccc(NCCC(N)=O)c(F)c1. The van der Waals surface area contributed by atoms with Crippen LogP contribution in [0.4, 0.5) is 10.1 Å². The summed E-state index contributed by atoms with van der Waals surface area (Å²) in [4.78, 5) is 10.4. The topological polar surface area (TPSA) is 78.9 Å². The van der Waals surface area contributed by atoms with Crippen LogP contribution in [-0.2, 0) is 4.79 Å². The molecule has 1 aromatic rings. The number of primary amides is 1. The Balaban J connectivity index is 2.63. The molecule has 4 nitrogen and oxygen atoms in total. The third kappa shape index (κ3) is 3.27. The lowest BCUT2D eigenvalue weighted by Crippen LogP contribution is -2.16. The van der Waals surface area contributed by atoms with E-state index in [1.54, 1.807) is 0 Å². The van der Waals surface area contributed by atoms with Crippen molar-refractivity contribution in [3.63, 3.8) is 0 Å². The Bertz CT molecular complexity index is 412. The monoisotopic (exact) mass is 207 g/mol. The van der Waals surface area contributed by atoms with Gasteiger partial charge in [-0.3, -0.25) is 4.79 Å². The molecule has 0 unspecified atom stereocenters. The van der Waals surface area contributed by atoms with Crippen molar-refractivity contribution in [2.24, 2.45) is 5.73 Å². The zero-order valence-electron chi connectivity index (χ0n) is 7.96. The normalized spacial score (nSPS) is 9.33. The van der Waals surface area contributed by atoms with Crippen molar-refractivity contribution in [1.29, 1.82) is 5.26 Å². The van der Waals surface area contributed by atoms with Gasteiger partial charge >= 0.3 is 0 Å². The van der Waals surface area contributed by atoms with Crippen molar-refractivity contribution in [2.45, 2.75) is 6.42 Å². The number of carbonyl (C=O) groups is 1. The predicted octanol–water partition coefficient (Wildman–Crippen LogP) is 0.985. The number of rotatable bonds is 4. The van der Waals surface area contributed by atoms with E-state index in [1.807, 2.05) is 6.07 Å². The Morgan fingerprint density at radius 3 is 2.87 bits per heavy atom. The molecular weight excluding hydrogens is 197 g/mol. The van der Waals surface area contributed by atoms with E-state index in [1.165, 1.54) is 12.1 Å². The molecule has 1 aromatic carbocycles. The Hall–Kier alpha value is -2.09. The van der Waals surface area contributed by atoms with Crippen molar-refractivity contribution >= 4 is 11.6 Å². The van der Waals surface area contributed by atoms with Gasteiger partial charge in [-0.1, -0.05) is 0 Å². The molecule has 0 radical (unpaired) electrons. The van der Waals surface area contributed by atoms with Gasteiger partial charge in [0.05, 0.1) is 17.3 Å². The highest BCUT2D eigenvalue weighted by molar-refractivity contribution is 5.74. The average Bonchev–Trinajstić information content (AvgIpc) is 2.20. The number of nitrogens with two attached hydrogens (primary N) is 1. The molecule has 0 fully saturated rings. The standard InChI is InChI=1S/C10H10FN3O/c11-8-5-7(6-12)1-2-9(8)14-4-3-10(13)15/h1-2,5,14H,3-4H2,(H2,13,15). The third-order valence-corrected chi connectivity index (χ3v) is 1.79. The van der Waals surface area contributed by atoms with E-state index in [0.717, 1.165) is 6.07 Å². The molecule has 0 aliphatic heterocycles. The van der Waals surface area contributed by atoms with Crippen LogP contribution in [0.25, 0.3) is 0 Å². The number of nitriles is 1. The molecule has 15 heavy (non-hydrogen) atoms. The molecule has 0 saturated heterocycles. The molecule has 0 atom stereocenters. The van der Waals surface area contributed by atoms with Crippen LogP contribution in [-0.4, -0.2) is 12.5 Å². The minimum absolute atomic E-state index is 0.138. The highest BCUT2D eigenvalue weighted by Gasteiger charge is 2.03. The lowest BCUT2D eigenvalue weighted by atomic mass is 10.2. The number of anilines is 1. The number of nitrogens with one attached hydrogen (secondary N) is 1. The van der Waals surface area contributed by atoms with E-state index >= 15 is 0 Å². The summed E-state index contributed by atoms with van der Waals surface area (Å²) < 4.78 is 13.2. The number of hydrogen-bond acceptors (Lipinski definition) is 3. The van der Waals surface area contributed by atoms with Gasteiger partial charge in [-0.05, 0) is 18.2 Å². The second-order valence-corrected chi connectivity index (χ2v) is 2.95. The van der Waals surface area contributed by atoms with Crippen molar-refractivity contribution in [1.82, 2.24) is 0 Å². The van der Waals surface area contributed by atoms with Crippen LogP contribution in [0.1, 0.15) is 12.0 Å². The summed E-state index contributed by atoms with van der Waals surface area (Å²) in [5.41, 5.74) is 5.44. The highest BCUT2D eigenvalue weighted by Crippen LogP contribution is 2.14. The number of carbonyl (C=O) groups excluding carboxylic acids is 1. The molecule has 1 amide bonds. The zero-order valence-corrected chi connectivity index (χ0v) is 7.96. The van der Waals surface area contributed by atoms with Crippen molar-refractivity contribution in [2.75, 3.05) is 11.9 Å². The fourth-order valence-corrected chi connectivity index (χ4v) is 1.05. The molecule has 0 bridgehead atoms. The van der Waals surface area contributed by atoms with E-state index in [-0.39, 0.29) is 24.2 Å². The second kappa shape index (κ2) is 4.96. The largest absolute Gasteiger partial charge is 0.382 e. The maximum Gasteiger partial charge on any atom is 0.219 e. The van der Waals surface area contributed by atoms with Crippen LogP contribution in [0.15, 0.2) is 18.2 Å². The Kier molecular flexibility index (Phi) is 3.63. The summed E-state index contributed by atoms with van der Waals surface area (Å²) in [5.74, 6) is -0.963. The predicted molar refractivity (Wildman–Crippen MR) is 53.4 cm³/mol. The smallest absolute Gasteiger partial charge is 0.219 e. The zero-order chi connectivity index (χ0) is 11.3. The first-order valence-corrected chi connectivity index (χ1v) is 4.35. The van der Waals surface area contributed by atoms with Crippen molar-refractivity contribution in [3.8, 4) is 6.07 Å². The van der Waals surface area contributed by atoms with Gasteiger partial charge in [0.15, 0.2) is 0 Å². The van der Waals surface area contributed by atoms with Crippen molar-refractivity contribution < 1.29 is 9.18 Å². The first kappa shape index (κ1) is 11.0. The number of hydrogen-bond donors (Lipinski definition) is 2. The van der Waals surface area contributed by atoms with E-state index in [2.05, 4.69) is 5.32 Å². The van der Waals surface area contributed by atoms with Gasteiger partial charge in [0.2, 0.25) is 5.91 Å². The van der Waals surface area contributed by atoms with E-state index in [9.17, 15) is 9.18 Å². The number of benzene rings is 1. The molecular formula is C10H10FN3O. The minimum Gasteiger partial charge on any atom is -0.382 e. The van der Waals surface area contributed by atoms with Crippen molar-refractivity contribution in [3.05, 3.63) is 29.6 Å². The molecule has 0 heterocycles. The number of amides is 1. The van der Waals surface area contributed by atoms with Gasteiger partial charge in [0, 0.05) is 13.0 Å². The molecule has 78 valence electrons. The minimum atomic E-state index is -0.515. The first-order chi connectivity index (χ1) is 7.13. The van der Waals surface area contributed by atoms with Crippen LogP contribution >= 0.6 is 0 Å². The number of halogens is 1. The van der Waals surface area contributed by atoms with Crippen LogP contribution in [0.5, 0.6) is 0 Å². The summed E-state index contributed by atoms with van der Waals surface area (Å²) >= 11 is 0. The lowest BCUT2D eigenvalue weighted by molar-refractivity contribution is -0.117. The Morgan fingerprint density at radius 1 is 1.60 bits per heavy atom. The molecule has 0 aliphatic rings. The molecule has 5 heteroatoms. The molecule has 0 saturated carbocycles. The van der Waals surface area contributed by atoms with Crippen LogP contribution in [0.3, 0.4) is 0 Å². The molecule has 0 aromatic heterocycles. The Morgan fingerprint density at radius 2 is 2.33 bits per heavy atom. The van der Waals surface area contributed by atoms with Crippen LogP contribution in [0.2, 0.25) is 0 Å². The van der Waals surface area contributed by atoms with E-state index in [0.29, 0.717) is 0 Å². The Labute approximate surface area is 86.5 Å². The fraction of sp³-hybridized carbons (Fsp3) is 0.200. The summed E-state index contributed by atoms with van der Waals surface area (Å²) in [6.45, 7) is 0.276. The fourth-order valence-electron chi connectivity index (χ4n) is 1.05. The molecule has 0 spiro atoms. The summed E-state index contributed by atoms with van der Waals surface area (Å²) in [5, 5.41) is 11.2. The number of nitrogens with zero attached hydrogens (tertiary/aromatic N) is 1. The maximum absolute atomic E-state index is 13.2. The second-order valence-electron chi connectivity index (χ2n) is 2.95. The van der Waals surface area contributed by atoms with E-state index < -0.39 is 11.7 Å². The molecule has 1 rings (SSSR count). The lowest BCUT2D eigenvalue weighted by Gasteiger charge is -2.05. The summed E-state index contributed by atoms with van der Waals surface area (Å²) in [6.07, 6.45) is 0.138. The molecule has 3 N–H and O–H groups in total. The van der Waals surface area contributed by atoms with Gasteiger partial charge in [-0.15, -0.1) is 0 Å². The van der Waals surface area contributed by atoms with Crippen LogP contribution < -0.4 is 11.1 Å². The summed E-state index contributed by atoms with van der Waals surface area (Å²) in [7, 11) is 0. The van der Waals surface area contributed by atoms with E-state index in [4.69, 9.17) is 11.0 Å². The maximum atomic E-state index is 13.2. The van der Waals surface area contributed by atoms with Gasteiger partial charge in [0.25, 0.3) is 0 Å². The first-order valence-electron chi connectivity index (χ1n) is 4.35. The van der Waals surface area contributed by atoms with Gasteiger partial charge in [-0.25, -0.2) is 4.39 Å². The van der Waals surface area contributed by atoms with Gasteiger partial charge in [-0.2, -0.15) is 5.26 Å². The van der Waals surface area contributed by atoms with Gasteiger partial charge < -0.3 is 11.1 Å². The van der Waals surface area contributed by atoms with Gasteiger partial charge in [0.1, 0.15) is 5.82 Å². The quantitative estimate of drug-likeness (QED) is 0.772. The molecule has 0 aliphatic carbocycles. The summed E-state index contributed by atoms with van der Waals surface area (Å²) in [6, 6.07) is 5.91. The average molecular weight is 207 g/mol. The highest BCUT2D eigenvalue weighted by atomic mass is 19.1.